The molecule has 0 saturated carbocycles. The van der Waals surface area contributed by atoms with Crippen molar-refractivity contribution in [2.75, 3.05) is 11.5 Å². The number of amides is 1. The van der Waals surface area contributed by atoms with Gasteiger partial charge in [0.05, 0.1) is 11.1 Å². The Balaban J connectivity index is 1.40. The first-order valence-electron chi connectivity index (χ1n) is 8.21. The second-order valence-electron chi connectivity index (χ2n) is 5.78. The second kappa shape index (κ2) is 7.49. The lowest BCUT2D eigenvalue weighted by molar-refractivity contribution is 0.0950. The second-order valence-corrected chi connectivity index (χ2v) is 8.50. The molecule has 0 radical (unpaired) electrons. The summed E-state index contributed by atoms with van der Waals surface area (Å²) in [4.78, 5) is 12.4. The van der Waals surface area contributed by atoms with Gasteiger partial charge < -0.3 is 5.32 Å². The Kier molecular flexibility index (Phi) is 4.94. The zero-order valence-electron chi connectivity index (χ0n) is 13.6. The highest BCUT2D eigenvalue weighted by atomic mass is 32.2. The summed E-state index contributed by atoms with van der Waals surface area (Å²) < 4.78 is 2.37. The maximum atomic E-state index is 12.4. The Morgan fingerprint density at radius 3 is 2.72 bits per heavy atom. The molecule has 0 spiro atoms. The van der Waals surface area contributed by atoms with Gasteiger partial charge >= 0.3 is 0 Å². The van der Waals surface area contributed by atoms with Crippen LogP contribution in [-0.2, 0) is 6.54 Å². The van der Waals surface area contributed by atoms with Crippen LogP contribution < -0.4 is 5.32 Å². The number of thioether (sulfide) groups is 2. The van der Waals surface area contributed by atoms with E-state index in [1.54, 1.807) is 0 Å². The smallest absolute Gasteiger partial charge is 0.251 e. The molecule has 0 unspecified atom stereocenters. The molecule has 1 fully saturated rings. The van der Waals surface area contributed by atoms with E-state index in [0.717, 1.165) is 11.5 Å². The van der Waals surface area contributed by atoms with Crippen molar-refractivity contribution in [1.29, 1.82) is 0 Å². The number of pyridine rings is 1. The van der Waals surface area contributed by atoms with Gasteiger partial charge in [-0.25, -0.2) is 0 Å². The van der Waals surface area contributed by atoms with E-state index in [9.17, 15) is 4.79 Å². The standard InChI is InChI=1S/C18H18N4OS2/c23-17(19-12-16-21-20-15-4-1-2-9-22(15)16)13-5-7-14(8-6-13)18-24-10-3-11-25-18/h1-2,4-9,18H,3,10-12H2,(H,19,23). The van der Waals surface area contributed by atoms with Crippen molar-refractivity contribution in [2.24, 2.45) is 0 Å². The third-order valence-corrected chi connectivity index (χ3v) is 7.08. The van der Waals surface area contributed by atoms with Crippen LogP contribution in [0.15, 0.2) is 48.7 Å². The number of rotatable bonds is 4. The minimum atomic E-state index is -0.0943. The van der Waals surface area contributed by atoms with Crippen LogP contribution in [0.3, 0.4) is 0 Å². The molecule has 0 aliphatic carbocycles. The van der Waals surface area contributed by atoms with Crippen LogP contribution in [0.25, 0.3) is 5.65 Å². The molecule has 1 N–H and O–H groups in total. The first-order valence-corrected chi connectivity index (χ1v) is 10.3. The molecule has 0 bridgehead atoms. The Bertz CT molecular complexity index is 872. The number of aromatic nitrogens is 3. The highest BCUT2D eigenvalue weighted by Crippen LogP contribution is 2.43. The number of benzene rings is 1. The van der Waals surface area contributed by atoms with Crippen LogP contribution in [0.1, 0.15) is 32.7 Å². The Labute approximate surface area is 154 Å². The number of hydrogen-bond donors (Lipinski definition) is 1. The van der Waals surface area contributed by atoms with E-state index in [1.807, 2.05) is 64.5 Å². The van der Waals surface area contributed by atoms with Crippen LogP contribution in [0, 0.1) is 0 Å². The summed E-state index contributed by atoms with van der Waals surface area (Å²) in [7, 11) is 0. The number of fused-ring (bicyclic) bond motifs is 1. The number of carbonyl (C=O) groups excluding carboxylic acids is 1. The van der Waals surface area contributed by atoms with Crippen molar-refractivity contribution in [3.8, 4) is 0 Å². The maximum absolute atomic E-state index is 12.4. The van der Waals surface area contributed by atoms with Gasteiger partial charge in [0.15, 0.2) is 11.5 Å². The van der Waals surface area contributed by atoms with E-state index in [4.69, 9.17) is 0 Å². The van der Waals surface area contributed by atoms with Gasteiger partial charge in [-0.15, -0.1) is 33.7 Å². The quantitative estimate of drug-likeness (QED) is 0.761. The molecule has 1 aliphatic rings. The lowest BCUT2D eigenvalue weighted by Crippen LogP contribution is -2.24. The SMILES string of the molecule is O=C(NCc1nnc2ccccn12)c1ccc(C2SCCCS2)cc1. The predicted octanol–water partition coefficient (Wildman–Crippen LogP) is 3.53. The lowest BCUT2D eigenvalue weighted by Gasteiger charge is -2.21. The minimum Gasteiger partial charge on any atom is -0.345 e. The zero-order valence-corrected chi connectivity index (χ0v) is 15.2. The van der Waals surface area contributed by atoms with Crippen molar-refractivity contribution in [2.45, 2.75) is 17.5 Å². The van der Waals surface area contributed by atoms with Crippen molar-refractivity contribution in [1.82, 2.24) is 19.9 Å². The van der Waals surface area contributed by atoms with Gasteiger partial charge in [-0.2, -0.15) is 0 Å². The van der Waals surface area contributed by atoms with Gasteiger partial charge in [0.1, 0.15) is 0 Å². The molecule has 1 saturated heterocycles. The fourth-order valence-corrected chi connectivity index (χ4v) is 5.64. The highest BCUT2D eigenvalue weighted by Gasteiger charge is 2.17. The van der Waals surface area contributed by atoms with Crippen LogP contribution in [0.2, 0.25) is 0 Å². The van der Waals surface area contributed by atoms with Crippen molar-refractivity contribution in [3.63, 3.8) is 0 Å². The molecule has 1 amide bonds. The number of hydrogen-bond acceptors (Lipinski definition) is 5. The van der Waals surface area contributed by atoms with Crippen LogP contribution in [0.4, 0.5) is 0 Å². The Morgan fingerprint density at radius 2 is 1.92 bits per heavy atom. The fourth-order valence-electron chi connectivity index (χ4n) is 2.74. The molecule has 7 heteroatoms. The third-order valence-electron chi connectivity index (χ3n) is 4.06. The third kappa shape index (κ3) is 3.67. The molecule has 1 aliphatic heterocycles. The normalized spacial score (nSPS) is 15.4. The summed E-state index contributed by atoms with van der Waals surface area (Å²) in [5.41, 5.74) is 2.73. The highest BCUT2D eigenvalue weighted by molar-refractivity contribution is 8.16. The summed E-state index contributed by atoms with van der Waals surface area (Å²) >= 11 is 3.97. The van der Waals surface area contributed by atoms with E-state index >= 15 is 0 Å². The molecule has 4 rings (SSSR count). The molecule has 0 atom stereocenters. The average Bonchev–Trinajstić information content (AvgIpc) is 3.10. The van der Waals surface area contributed by atoms with Gasteiger partial charge in [-0.1, -0.05) is 18.2 Å². The number of nitrogens with zero attached hydrogens (tertiary/aromatic N) is 3. The Hall–Kier alpha value is -1.99. The van der Waals surface area contributed by atoms with E-state index in [0.29, 0.717) is 16.7 Å². The Morgan fingerprint density at radius 1 is 1.12 bits per heavy atom. The largest absolute Gasteiger partial charge is 0.345 e. The van der Waals surface area contributed by atoms with E-state index < -0.39 is 0 Å². The molecule has 128 valence electrons. The van der Waals surface area contributed by atoms with Gasteiger partial charge in [0, 0.05) is 11.8 Å². The van der Waals surface area contributed by atoms with Crippen molar-refractivity contribution < 1.29 is 4.79 Å². The topological polar surface area (TPSA) is 59.3 Å². The monoisotopic (exact) mass is 370 g/mol. The predicted molar refractivity (Wildman–Crippen MR) is 103 cm³/mol. The molecular weight excluding hydrogens is 352 g/mol. The summed E-state index contributed by atoms with van der Waals surface area (Å²) in [6.07, 6.45) is 3.18. The van der Waals surface area contributed by atoms with E-state index in [1.165, 1.54) is 23.5 Å². The van der Waals surface area contributed by atoms with Gasteiger partial charge in [0.2, 0.25) is 0 Å². The van der Waals surface area contributed by atoms with Crippen LogP contribution in [0.5, 0.6) is 0 Å². The summed E-state index contributed by atoms with van der Waals surface area (Å²) in [6.45, 7) is 0.347. The molecular formula is C18H18N4OS2. The average molecular weight is 371 g/mol. The minimum absolute atomic E-state index is 0.0943. The van der Waals surface area contributed by atoms with Crippen LogP contribution >= 0.6 is 23.5 Å². The summed E-state index contributed by atoms with van der Waals surface area (Å²) in [5.74, 6) is 3.05. The summed E-state index contributed by atoms with van der Waals surface area (Å²) in [5, 5.41) is 11.1. The molecule has 5 nitrogen and oxygen atoms in total. The molecule has 1 aromatic carbocycles. The number of carbonyl (C=O) groups is 1. The lowest BCUT2D eigenvalue weighted by atomic mass is 10.1. The van der Waals surface area contributed by atoms with Gasteiger partial charge in [-0.05, 0) is 47.8 Å². The maximum Gasteiger partial charge on any atom is 0.251 e. The fraction of sp³-hybridized carbons (Fsp3) is 0.278. The molecule has 3 aromatic rings. The molecule has 25 heavy (non-hydrogen) atoms. The summed E-state index contributed by atoms with van der Waals surface area (Å²) in [6, 6.07) is 13.7. The van der Waals surface area contributed by atoms with Crippen molar-refractivity contribution in [3.05, 3.63) is 65.6 Å². The van der Waals surface area contributed by atoms with Crippen molar-refractivity contribution >= 4 is 35.1 Å². The number of nitrogens with one attached hydrogen (secondary N) is 1. The van der Waals surface area contributed by atoms with E-state index in [2.05, 4.69) is 27.6 Å². The zero-order chi connectivity index (χ0) is 17.1. The first kappa shape index (κ1) is 16.5. The first-order chi connectivity index (χ1) is 12.3. The van der Waals surface area contributed by atoms with E-state index in [-0.39, 0.29) is 5.91 Å². The molecule has 3 heterocycles. The van der Waals surface area contributed by atoms with Gasteiger partial charge in [-0.3, -0.25) is 9.20 Å². The van der Waals surface area contributed by atoms with Gasteiger partial charge in [0.25, 0.3) is 5.91 Å². The van der Waals surface area contributed by atoms with Crippen LogP contribution in [-0.4, -0.2) is 32.0 Å². The molecule has 2 aromatic heterocycles.